The lowest BCUT2D eigenvalue weighted by Crippen LogP contribution is -2.00. The molecular weight excluding hydrogens is 146 g/mol. The third-order valence-electron chi connectivity index (χ3n) is 1.82. The molecule has 1 aromatic rings. The molecule has 0 heterocycles. The molecule has 1 aromatic carbocycles. The second kappa shape index (κ2) is 3.96. The van der Waals surface area contributed by atoms with Crippen LogP contribution in [0.15, 0.2) is 30.0 Å². The van der Waals surface area contributed by atoms with E-state index in [0.717, 1.165) is 0 Å². The molecule has 0 saturated heterocycles. The summed E-state index contributed by atoms with van der Waals surface area (Å²) >= 11 is 0. The summed E-state index contributed by atoms with van der Waals surface area (Å²) in [5.41, 5.74) is 3.73. The first-order valence-corrected chi connectivity index (χ1v) is 4.15. The van der Waals surface area contributed by atoms with Crippen LogP contribution in [0, 0.1) is 6.92 Å². The molecule has 1 N–H and O–H groups in total. The number of nitrogens with one attached hydrogen (secondary N) is 1. The molecule has 0 aliphatic rings. The maximum absolute atomic E-state index is 3.09. The van der Waals surface area contributed by atoms with Gasteiger partial charge in [0.15, 0.2) is 0 Å². The second-order valence-corrected chi connectivity index (χ2v) is 2.99. The van der Waals surface area contributed by atoms with Crippen LogP contribution in [0.5, 0.6) is 0 Å². The molecule has 0 fully saturated rings. The molecule has 64 valence electrons. The number of hydrogen-bond donors (Lipinski definition) is 1. The minimum absolute atomic E-state index is 1.18. The fourth-order valence-corrected chi connectivity index (χ4v) is 1.08. The van der Waals surface area contributed by atoms with Crippen LogP contribution < -0.4 is 5.32 Å². The zero-order chi connectivity index (χ0) is 8.97. The van der Waals surface area contributed by atoms with Gasteiger partial charge in [-0.05, 0) is 25.5 Å². The van der Waals surface area contributed by atoms with Gasteiger partial charge in [0, 0.05) is 12.7 Å². The predicted molar refractivity (Wildman–Crippen MR) is 53.9 cm³/mol. The van der Waals surface area contributed by atoms with Crippen LogP contribution in [0.1, 0.15) is 18.1 Å². The summed E-state index contributed by atoms with van der Waals surface area (Å²) in [5, 5.41) is 3.09. The van der Waals surface area contributed by atoms with Crippen molar-refractivity contribution in [1.82, 2.24) is 5.32 Å². The summed E-state index contributed by atoms with van der Waals surface area (Å²) in [6.45, 7) is 4.16. The molecular formula is C11H15N. The van der Waals surface area contributed by atoms with Crippen LogP contribution in [0.3, 0.4) is 0 Å². The molecule has 1 heteroatoms. The molecule has 0 amide bonds. The van der Waals surface area contributed by atoms with E-state index in [1.165, 1.54) is 16.8 Å². The molecule has 12 heavy (non-hydrogen) atoms. The molecule has 1 rings (SSSR count). The Kier molecular flexibility index (Phi) is 2.92. The molecule has 0 atom stereocenters. The van der Waals surface area contributed by atoms with Gasteiger partial charge in [-0.1, -0.05) is 29.8 Å². The van der Waals surface area contributed by atoms with E-state index in [1.54, 1.807) is 0 Å². The molecule has 0 aliphatic heterocycles. The predicted octanol–water partition coefficient (Wildman–Crippen LogP) is 2.58. The van der Waals surface area contributed by atoms with Crippen molar-refractivity contribution in [3.05, 3.63) is 41.1 Å². The Bertz CT molecular complexity index is 287. The van der Waals surface area contributed by atoms with Crippen molar-refractivity contribution in [2.45, 2.75) is 13.8 Å². The van der Waals surface area contributed by atoms with Gasteiger partial charge in [0.1, 0.15) is 0 Å². The largest absolute Gasteiger partial charge is 0.392 e. The van der Waals surface area contributed by atoms with Crippen molar-refractivity contribution < 1.29 is 0 Å². The van der Waals surface area contributed by atoms with Gasteiger partial charge in [0.2, 0.25) is 0 Å². The van der Waals surface area contributed by atoms with Crippen LogP contribution in [0.4, 0.5) is 0 Å². The van der Waals surface area contributed by atoms with Gasteiger partial charge in [-0.2, -0.15) is 0 Å². The lowest BCUT2D eigenvalue weighted by atomic mass is 10.1. The standard InChI is InChI=1S/C11H15N/c1-9-5-4-6-11(7-9)8-10(2)12-3/h4-8,12H,1-3H3/b10-8-. The average Bonchev–Trinajstić information content (AvgIpc) is 2.04. The fourth-order valence-electron chi connectivity index (χ4n) is 1.08. The van der Waals surface area contributed by atoms with Crippen molar-refractivity contribution in [2.75, 3.05) is 7.05 Å². The maximum atomic E-state index is 3.09. The summed E-state index contributed by atoms with van der Waals surface area (Å²) < 4.78 is 0. The van der Waals surface area contributed by atoms with E-state index in [4.69, 9.17) is 0 Å². The minimum atomic E-state index is 1.18. The average molecular weight is 161 g/mol. The smallest absolute Gasteiger partial charge is 0.00784 e. The SMILES string of the molecule is CN/C(C)=C\c1cccc(C)c1. The number of allylic oxidation sites excluding steroid dienone is 1. The van der Waals surface area contributed by atoms with Gasteiger partial charge in [-0.15, -0.1) is 0 Å². The fraction of sp³-hybridized carbons (Fsp3) is 0.273. The van der Waals surface area contributed by atoms with E-state index in [-0.39, 0.29) is 0 Å². The third kappa shape index (κ3) is 2.42. The topological polar surface area (TPSA) is 12.0 Å². The first-order valence-electron chi connectivity index (χ1n) is 4.15. The number of hydrogen-bond acceptors (Lipinski definition) is 1. The van der Waals surface area contributed by atoms with E-state index >= 15 is 0 Å². The van der Waals surface area contributed by atoms with Crippen molar-refractivity contribution in [2.24, 2.45) is 0 Å². The van der Waals surface area contributed by atoms with E-state index in [2.05, 4.69) is 49.5 Å². The highest BCUT2D eigenvalue weighted by Crippen LogP contribution is 2.07. The lowest BCUT2D eigenvalue weighted by molar-refractivity contribution is 1.00. The zero-order valence-electron chi connectivity index (χ0n) is 7.89. The molecule has 0 bridgehead atoms. The molecule has 0 unspecified atom stereocenters. The highest BCUT2D eigenvalue weighted by Gasteiger charge is 1.88. The van der Waals surface area contributed by atoms with Gasteiger partial charge < -0.3 is 5.32 Å². The van der Waals surface area contributed by atoms with Crippen LogP contribution in [0.2, 0.25) is 0 Å². The highest BCUT2D eigenvalue weighted by molar-refractivity contribution is 5.52. The van der Waals surface area contributed by atoms with Crippen LogP contribution in [-0.4, -0.2) is 7.05 Å². The summed E-state index contributed by atoms with van der Waals surface area (Å²) in [5.74, 6) is 0. The van der Waals surface area contributed by atoms with Gasteiger partial charge in [-0.25, -0.2) is 0 Å². The van der Waals surface area contributed by atoms with Crippen LogP contribution >= 0.6 is 0 Å². The Morgan fingerprint density at radius 1 is 1.42 bits per heavy atom. The maximum Gasteiger partial charge on any atom is 0.00784 e. The lowest BCUT2D eigenvalue weighted by Gasteiger charge is -1.99. The molecule has 0 radical (unpaired) electrons. The van der Waals surface area contributed by atoms with Crippen molar-refractivity contribution in [3.8, 4) is 0 Å². The molecule has 0 aliphatic carbocycles. The molecule has 1 nitrogen and oxygen atoms in total. The molecule has 0 aromatic heterocycles. The van der Waals surface area contributed by atoms with E-state index in [0.29, 0.717) is 0 Å². The number of aryl methyl sites for hydroxylation is 1. The summed E-state index contributed by atoms with van der Waals surface area (Å²) in [6.07, 6.45) is 2.13. The first kappa shape index (κ1) is 8.85. The Morgan fingerprint density at radius 3 is 2.75 bits per heavy atom. The van der Waals surface area contributed by atoms with Gasteiger partial charge in [-0.3, -0.25) is 0 Å². The van der Waals surface area contributed by atoms with Gasteiger partial charge >= 0.3 is 0 Å². The van der Waals surface area contributed by atoms with E-state index in [9.17, 15) is 0 Å². The van der Waals surface area contributed by atoms with Crippen molar-refractivity contribution >= 4 is 6.08 Å². The summed E-state index contributed by atoms with van der Waals surface area (Å²) in [6, 6.07) is 8.45. The monoisotopic (exact) mass is 161 g/mol. The Balaban J connectivity index is 2.89. The quantitative estimate of drug-likeness (QED) is 0.703. The normalized spacial score (nSPS) is 11.4. The van der Waals surface area contributed by atoms with E-state index < -0.39 is 0 Å². The van der Waals surface area contributed by atoms with E-state index in [1.807, 2.05) is 7.05 Å². The third-order valence-corrected chi connectivity index (χ3v) is 1.82. The molecule has 0 spiro atoms. The van der Waals surface area contributed by atoms with Crippen LogP contribution in [-0.2, 0) is 0 Å². The van der Waals surface area contributed by atoms with Crippen molar-refractivity contribution in [1.29, 1.82) is 0 Å². The minimum Gasteiger partial charge on any atom is -0.392 e. The summed E-state index contributed by atoms with van der Waals surface area (Å²) in [7, 11) is 1.93. The highest BCUT2D eigenvalue weighted by atomic mass is 14.8. The molecule has 0 saturated carbocycles. The second-order valence-electron chi connectivity index (χ2n) is 2.99. The summed E-state index contributed by atoms with van der Waals surface area (Å²) in [4.78, 5) is 0. The Hall–Kier alpha value is -1.24. The Morgan fingerprint density at radius 2 is 2.17 bits per heavy atom. The van der Waals surface area contributed by atoms with Crippen molar-refractivity contribution in [3.63, 3.8) is 0 Å². The van der Waals surface area contributed by atoms with Gasteiger partial charge in [0.25, 0.3) is 0 Å². The van der Waals surface area contributed by atoms with Crippen LogP contribution in [0.25, 0.3) is 6.08 Å². The van der Waals surface area contributed by atoms with Gasteiger partial charge in [0.05, 0.1) is 0 Å². The number of rotatable bonds is 2. The zero-order valence-corrected chi connectivity index (χ0v) is 7.89. The first-order chi connectivity index (χ1) is 5.72. The number of benzene rings is 1. The Labute approximate surface area is 74.1 Å².